The molecule has 0 heterocycles. The number of rotatable bonds is 68. The first kappa shape index (κ1) is 78.6. The van der Waals surface area contributed by atoms with Gasteiger partial charge in [0.1, 0.15) is 13.2 Å². The largest absolute Gasteiger partial charge is 0.462 e. The number of unbranched alkanes of at least 4 members (excludes halogenated alkanes) is 51. The third-order valence-electron chi connectivity index (χ3n) is 16.6. The van der Waals surface area contributed by atoms with E-state index in [2.05, 4.69) is 57.2 Å². The van der Waals surface area contributed by atoms with Gasteiger partial charge in [-0.2, -0.15) is 0 Å². The maximum absolute atomic E-state index is 12.9. The van der Waals surface area contributed by atoms with Gasteiger partial charge in [0.15, 0.2) is 6.10 Å². The lowest BCUT2D eigenvalue weighted by molar-refractivity contribution is -0.167. The number of carbonyl (C=O) groups excluding carboxylic acids is 3. The average molecular weight is 1140 g/mol. The van der Waals surface area contributed by atoms with Crippen LogP contribution in [0.15, 0.2) is 36.5 Å². The van der Waals surface area contributed by atoms with Gasteiger partial charge in [0.25, 0.3) is 0 Å². The molecule has 0 aromatic heterocycles. The van der Waals surface area contributed by atoms with E-state index in [1.807, 2.05) is 0 Å². The normalized spacial score (nSPS) is 12.2. The van der Waals surface area contributed by atoms with Crippen molar-refractivity contribution >= 4 is 17.9 Å². The maximum Gasteiger partial charge on any atom is 0.306 e. The SMILES string of the molecule is CCCCCCC/C=C\C/C=C\C/C=C\CCCCCCCCCCCCCCCCCCC(=O)OCC(COC(=O)CCCCCCCCC)OC(=O)CCCCCCCCCCCCCCCCCCCCCCCCCCC. The predicted molar refractivity (Wildman–Crippen MR) is 353 cm³/mol. The van der Waals surface area contributed by atoms with Crippen molar-refractivity contribution in [1.29, 1.82) is 0 Å². The summed E-state index contributed by atoms with van der Waals surface area (Å²) in [5.74, 6) is -0.844. The highest BCUT2D eigenvalue weighted by Gasteiger charge is 2.19. The van der Waals surface area contributed by atoms with Crippen molar-refractivity contribution in [2.45, 2.75) is 412 Å². The van der Waals surface area contributed by atoms with Crippen molar-refractivity contribution in [2.24, 2.45) is 0 Å². The fourth-order valence-corrected chi connectivity index (χ4v) is 11.2. The zero-order chi connectivity index (χ0) is 58.5. The lowest BCUT2D eigenvalue weighted by Gasteiger charge is -2.18. The molecule has 0 bridgehead atoms. The van der Waals surface area contributed by atoms with Gasteiger partial charge in [-0.1, -0.05) is 365 Å². The minimum absolute atomic E-state index is 0.0659. The van der Waals surface area contributed by atoms with Crippen molar-refractivity contribution in [3.8, 4) is 0 Å². The summed E-state index contributed by atoms with van der Waals surface area (Å²) in [5.41, 5.74) is 0. The molecule has 0 rings (SSSR count). The quantitative estimate of drug-likeness (QED) is 0.0261. The number of hydrogen-bond donors (Lipinski definition) is 0. The highest BCUT2D eigenvalue weighted by Crippen LogP contribution is 2.19. The zero-order valence-corrected chi connectivity index (χ0v) is 54.8. The molecule has 81 heavy (non-hydrogen) atoms. The molecule has 6 nitrogen and oxygen atoms in total. The first-order valence-corrected chi connectivity index (χ1v) is 36.5. The van der Waals surface area contributed by atoms with Crippen molar-refractivity contribution in [3.63, 3.8) is 0 Å². The number of esters is 3. The molecule has 1 unspecified atom stereocenters. The molecule has 0 aliphatic heterocycles. The number of carbonyl (C=O) groups is 3. The van der Waals surface area contributed by atoms with Gasteiger partial charge in [-0.15, -0.1) is 0 Å². The molecule has 0 aliphatic rings. The molecular formula is C75H140O6. The molecule has 0 fully saturated rings. The minimum atomic E-state index is -0.766. The van der Waals surface area contributed by atoms with Gasteiger partial charge >= 0.3 is 17.9 Å². The van der Waals surface area contributed by atoms with E-state index in [0.717, 1.165) is 70.6 Å². The van der Waals surface area contributed by atoms with Gasteiger partial charge in [0, 0.05) is 19.3 Å². The Balaban J connectivity index is 4.00. The molecule has 6 heteroatoms. The van der Waals surface area contributed by atoms with Crippen LogP contribution in [0.3, 0.4) is 0 Å². The summed E-state index contributed by atoms with van der Waals surface area (Å²) in [6, 6.07) is 0. The van der Waals surface area contributed by atoms with Gasteiger partial charge in [0.05, 0.1) is 0 Å². The standard InChI is InChI=1S/C75H140O6/c1-4-7-10-13-16-18-20-22-24-26-28-30-32-34-35-36-37-38-39-41-42-44-46-48-50-52-54-56-59-62-65-68-74(77)80-71-72(70-79-73(76)67-64-61-58-15-12-9-6-3)81-75(78)69-66-63-60-57-55-53-51-49-47-45-43-40-33-31-29-27-25-23-21-19-17-14-11-8-5-2/h20,22,26,28,32,34,72H,4-19,21,23-25,27,29-31,33,35-71H2,1-3H3/b22-20-,28-26-,34-32-. The van der Waals surface area contributed by atoms with E-state index in [1.54, 1.807) is 0 Å². The molecule has 0 spiro atoms. The first-order chi connectivity index (χ1) is 40.0. The van der Waals surface area contributed by atoms with E-state index >= 15 is 0 Å². The second-order valence-electron chi connectivity index (χ2n) is 24.9. The fraction of sp³-hybridized carbons (Fsp3) is 0.880. The van der Waals surface area contributed by atoms with Crippen LogP contribution in [-0.2, 0) is 28.6 Å². The second kappa shape index (κ2) is 70.1. The zero-order valence-electron chi connectivity index (χ0n) is 54.8. The molecule has 1 atom stereocenters. The summed E-state index contributed by atoms with van der Waals surface area (Å²) < 4.78 is 16.9. The molecule has 0 N–H and O–H groups in total. The second-order valence-corrected chi connectivity index (χ2v) is 24.9. The Morgan fingerprint density at radius 3 is 0.691 bits per heavy atom. The van der Waals surface area contributed by atoms with E-state index < -0.39 is 6.10 Å². The van der Waals surface area contributed by atoms with E-state index in [0.29, 0.717) is 19.3 Å². The lowest BCUT2D eigenvalue weighted by atomic mass is 10.0. The highest BCUT2D eigenvalue weighted by atomic mass is 16.6. The Morgan fingerprint density at radius 2 is 0.444 bits per heavy atom. The summed E-state index contributed by atoms with van der Waals surface area (Å²) >= 11 is 0. The van der Waals surface area contributed by atoms with Crippen molar-refractivity contribution in [2.75, 3.05) is 13.2 Å². The van der Waals surface area contributed by atoms with Crippen LogP contribution in [0, 0.1) is 0 Å². The molecule has 0 aromatic carbocycles. The van der Waals surface area contributed by atoms with Gasteiger partial charge in [-0.05, 0) is 57.8 Å². The Bertz CT molecular complexity index is 1350. The van der Waals surface area contributed by atoms with Crippen LogP contribution in [0.5, 0.6) is 0 Å². The van der Waals surface area contributed by atoms with Gasteiger partial charge in [0.2, 0.25) is 0 Å². The first-order valence-electron chi connectivity index (χ1n) is 36.5. The molecular weight excluding hydrogens is 997 g/mol. The number of hydrogen-bond acceptors (Lipinski definition) is 6. The van der Waals surface area contributed by atoms with Gasteiger partial charge in [-0.3, -0.25) is 14.4 Å². The molecule has 0 aliphatic carbocycles. The molecule has 476 valence electrons. The van der Waals surface area contributed by atoms with E-state index in [4.69, 9.17) is 14.2 Å². The average Bonchev–Trinajstić information content (AvgIpc) is 3.46. The summed E-state index contributed by atoms with van der Waals surface area (Å²) in [5, 5.41) is 0. The van der Waals surface area contributed by atoms with Crippen molar-refractivity contribution in [1.82, 2.24) is 0 Å². The Labute approximate surface area is 506 Å². The highest BCUT2D eigenvalue weighted by molar-refractivity contribution is 5.71. The predicted octanol–water partition coefficient (Wildman–Crippen LogP) is 25.1. The van der Waals surface area contributed by atoms with E-state index in [9.17, 15) is 14.4 Å². The van der Waals surface area contributed by atoms with Crippen LogP contribution >= 0.6 is 0 Å². The van der Waals surface area contributed by atoms with Crippen LogP contribution in [0.25, 0.3) is 0 Å². The summed E-state index contributed by atoms with van der Waals surface area (Å²) in [6.07, 6.45) is 87.9. The molecule has 0 aromatic rings. The van der Waals surface area contributed by atoms with E-state index in [1.165, 1.54) is 295 Å². The van der Waals surface area contributed by atoms with Crippen LogP contribution in [0.1, 0.15) is 406 Å². The van der Waals surface area contributed by atoms with Crippen molar-refractivity contribution < 1.29 is 28.6 Å². The summed E-state index contributed by atoms with van der Waals surface area (Å²) in [7, 11) is 0. The minimum Gasteiger partial charge on any atom is -0.462 e. The monoisotopic (exact) mass is 1140 g/mol. The van der Waals surface area contributed by atoms with Gasteiger partial charge in [-0.25, -0.2) is 0 Å². The Kier molecular flexibility index (Phi) is 68.1. The van der Waals surface area contributed by atoms with Gasteiger partial charge < -0.3 is 14.2 Å². The Morgan fingerprint density at radius 1 is 0.247 bits per heavy atom. The molecule has 0 saturated carbocycles. The van der Waals surface area contributed by atoms with Crippen LogP contribution in [-0.4, -0.2) is 37.2 Å². The van der Waals surface area contributed by atoms with Crippen LogP contribution < -0.4 is 0 Å². The lowest BCUT2D eigenvalue weighted by Crippen LogP contribution is -2.30. The van der Waals surface area contributed by atoms with Crippen LogP contribution in [0.2, 0.25) is 0 Å². The third-order valence-corrected chi connectivity index (χ3v) is 16.6. The molecule has 0 saturated heterocycles. The fourth-order valence-electron chi connectivity index (χ4n) is 11.2. The summed E-state index contributed by atoms with van der Waals surface area (Å²) in [4.78, 5) is 38.2. The number of allylic oxidation sites excluding steroid dienone is 6. The van der Waals surface area contributed by atoms with Crippen molar-refractivity contribution in [3.05, 3.63) is 36.5 Å². The third kappa shape index (κ3) is 68.3. The molecule has 0 amide bonds. The van der Waals surface area contributed by atoms with E-state index in [-0.39, 0.29) is 31.1 Å². The van der Waals surface area contributed by atoms with Crippen LogP contribution in [0.4, 0.5) is 0 Å². The summed E-state index contributed by atoms with van der Waals surface area (Å²) in [6.45, 7) is 6.66. The maximum atomic E-state index is 12.9. The molecule has 0 radical (unpaired) electrons. The smallest absolute Gasteiger partial charge is 0.306 e. The topological polar surface area (TPSA) is 78.9 Å². The number of ether oxygens (including phenoxy) is 3. The Hall–Kier alpha value is -2.37.